The number of nitrogens with zero attached hydrogens (tertiary/aromatic N) is 1. The number of nitrogen functional groups attached to an aromatic ring is 1. The molecule has 74 valence electrons. The molecule has 0 aliphatic carbocycles. The van der Waals surface area contributed by atoms with E-state index in [4.69, 9.17) is 27.7 Å². The smallest absolute Gasteiger partial charge is 0.170 e. The monoisotopic (exact) mass is 212 g/mol. The molecule has 0 spiro atoms. The van der Waals surface area contributed by atoms with Crippen molar-refractivity contribution in [3.8, 4) is 6.07 Å². The Bertz CT molecular complexity index is 376. The molecule has 0 aliphatic heterocycles. The van der Waals surface area contributed by atoms with Gasteiger partial charge in [0.05, 0.1) is 6.07 Å². The van der Waals surface area contributed by atoms with E-state index in [1.54, 1.807) is 6.07 Å². The van der Waals surface area contributed by atoms with Crippen LogP contribution in [0.4, 0.5) is 5.69 Å². The predicted octanol–water partition coefficient (Wildman–Crippen LogP) is 0.840. The lowest BCUT2D eigenvalue weighted by Crippen LogP contribution is -2.17. The van der Waals surface area contributed by atoms with Gasteiger partial charge in [-0.25, -0.2) is 0 Å². The van der Waals surface area contributed by atoms with E-state index in [1.165, 1.54) is 18.2 Å². The first-order valence-electron chi connectivity index (χ1n) is 3.87. The van der Waals surface area contributed by atoms with E-state index in [1.807, 2.05) is 0 Å². The first-order chi connectivity index (χ1) is 6.56. The fourth-order valence-electron chi connectivity index (χ4n) is 1.04. The Morgan fingerprint density at radius 2 is 2.07 bits per heavy atom. The van der Waals surface area contributed by atoms with Crippen molar-refractivity contribution in [3.63, 3.8) is 0 Å². The minimum absolute atomic E-state index is 0.256. The molecular weight excluding hydrogens is 204 g/mol. The van der Waals surface area contributed by atoms with Gasteiger partial charge in [-0.2, -0.15) is 5.26 Å². The maximum atomic E-state index is 9.48. The van der Waals surface area contributed by atoms with E-state index < -0.39 is 12.2 Å². The van der Waals surface area contributed by atoms with Gasteiger partial charge in [-0.3, -0.25) is 0 Å². The SMILES string of the molecule is N#CC(O)C(O)c1cc(Cl)ccc1N. The van der Waals surface area contributed by atoms with Crippen LogP contribution in [0.5, 0.6) is 0 Å². The Labute approximate surface area is 86.2 Å². The molecule has 4 nitrogen and oxygen atoms in total. The summed E-state index contributed by atoms with van der Waals surface area (Å²) < 4.78 is 0. The average Bonchev–Trinajstić information content (AvgIpc) is 2.19. The molecule has 0 saturated carbocycles. The number of anilines is 1. The zero-order valence-electron chi connectivity index (χ0n) is 7.18. The summed E-state index contributed by atoms with van der Waals surface area (Å²) in [6, 6.07) is 6.00. The van der Waals surface area contributed by atoms with Gasteiger partial charge in [-0.1, -0.05) is 11.6 Å². The van der Waals surface area contributed by atoms with Crippen LogP contribution >= 0.6 is 11.6 Å². The van der Waals surface area contributed by atoms with Crippen molar-refractivity contribution >= 4 is 17.3 Å². The van der Waals surface area contributed by atoms with Crippen LogP contribution in [0.25, 0.3) is 0 Å². The number of aliphatic hydroxyl groups excluding tert-OH is 2. The maximum absolute atomic E-state index is 9.48. The molecule has 0 amide bonds. The minimum atomic E-state index is -1.50. The Morgan fingerprint density at radius 3 is 2.64 bits per heavy atom. The molecule has 2 unspecified atom stereocenters. The molecule has 0 radical (unpaired) electrons. The third kappa shape index (κ3) is 2.15. The van der Waals surface area contributed by atoms with Crippen LogP contribution in [0.2, 0.25) is 5.02 Å². The average molecular weight is 213 g/mol. The number of aliphatic hydroxyl groups is 2. The zero-order valence-corrected chi connectivity index (χ0v) is 7.94. The Kier molecular flexibility index (Phi) is 3.31. The van der Waals surface area contributed by atoms with Crippen molar-refractivity contribution in [2.45, 2.75) is 12.2 Å². The lowest BCUT2D eigenvalue weighted by molar-refractivity contribution is 0.0533. The third-order valence-corrected chi connectivity index (χ3v) is 2.03. The summed E-state index contributed by atoms with van der Waals surface area (Å²) in [5, 5.41) is 27.3. The van der Waals surface area contributed by atoms with Gasteiger partial charge in [0.2, 0.25) is 0 Å². The zero-order chi connectivity index (χ0) is 10.7. The van der Waals surface area contributed by atoms with Crippen LogP contribution in [-0.4, -0.2) is 16.3 Å². The molecule has 1 rings (SSSR count). The predicted molar refractivity (Wildman–Crippen MR) is 52.4 cm³/mol. The van der Waals surface area contributed by atoms with Crippen molar-refractivity contribution < 1.29 is 10.2 Å². The quantitative estimate of drug-likeness (QED) is 0.501. The van der Waals surface area contributed by atoms with Crippen LogP contribution in [0, 0.1) is 11.3 Å². The Morgan fingerprint density at radius 1 is 1.43 bits per heavy atom. The van der Waals surface area contributed by atoms with Crippen LogP contribution in [0.3, 0.4) is 0 Å². The lowest BCUT2D eigenvalue weighted by atomic mass is 10.0. The van der Waals surface area contributed by atoms with Gasteiger partial charge >= 0.3 is 0 Å². The van der Waals surface area contributed by atoms with Gasteiger partial charge in [0.15, 0.2) is 6.10 Å². The molecule has 0 aliphatic rings. The van der Waals surface area contributed by atoms with Crippen LogP contribution in [-0.2, 0) is 0 Å². The van der Waals surface area contributed by atoms with E-state index >= 15 is 0 Å². The number of hydrogen-bond donors (Lipinski definition) is 3. The van der Waals surface area contributed by atoms with Gasteiger partial charge < -0.3 is 15.9 Å². The van der Waals surface area contributed by atoms with E-state index in [0.29, 0.717) is 5.02 Å². The largest absolute Gasteiger partial charge is 0.398 e. The topological polar surface area (TPSA) is 90.3 Å². The minimum Gasteiger partial charge on any atom is -0.398 e. The summed E-state index contributed by atoms with van der Waals surface area (Å²) in [5.74, 6) is 0. The highest BCUT2D eigenvalue weighted by molar-refractivity contribution is 6.30. The van der Waals surface area contributed by atoms with Crippen LogP contribution in [0.15, 0.2) is 18.2 Å². The second-order valence-corrected chi connectivity index (χ2v) is 3.23. The van der Waals surface area contributed by atoms with Crippen molar-refractivity contribution in [2.24, 2.45) is 0 Å². The van der Waals surface area contributed by atoms with Gasteiger partial charge in [0.25, 0.3) is 0 Å². The molecule has 14 heavy (non-hydrogen) atoms. The van der Waals surface area contributed by atoms with Gasteiger partial charge in [0.1, 0.15) is 6.10 Å². The summed E-state index contributed by atoms with van der Waals surface area (Å²) in [6.45, 7) is 0. The van der Waals surface area contributed by atoms with Gasteiger partial charge in [-0.15, -0.1) is 0 Å². The molecule has 0 bridgehead atoms. The van der Waals surface area contributed by atoms with Crippen molar-refractivity contribution in [1.29, 1.82) is 5.26 Å². The van der Waals surface area contributed by atoms with Crippen LogP contribution in [0.1, 0.15) is 11.7 Å². The maximum Gasteiger partial charge on any atom is 0.170 e. The van der Waals surface area contributed by atoms with E-state index in [-0.39, 0.29) is 11.3 Å². The first kappa shape index (κ1) is 10.8. The summed E-state index contributed by atoms with van der Waals surface area (Å²) >= 11 is 5.68. The highest BCUT2D eigenvalue weighted by Gasteiger charge is 2.19. The summed E-state index contributed by atoms with van der Waals surface area (Å²) in [4.78, 5) is 0. The van der Waals surface area contributed by atoms with Crippen molar-refractivity contribution in [1.82, 2.24) is 0 Å². The fourth-order valence-corrected chi connectivity index (χ4v) is 1.22. The van der Waals surface area contributed by atoms with E-state index in [9.17, 15) is 5.11 Å². The standard InChI is InChI=1S/C9H9ClN2O2/c10-5-1-2-7(12)6(3-5)9(14)8(13)4-11/h1-3,8-9,13-14H,12H2. The summed E-state index contributed by atoms with van der Waals surface area (Å²) in [7, 11) is 0. The normalized spacial score (nSPS) is 14.4. The number of benzene rings is 1. The molecule has 4 N–H and O–H groups in total. The van der Waals surface area contributed by atoms with E-state index in [0.717, 1.165) is 0 Å². The first-order valence-corrected chi connectivity index (χ1v) is 4.24. The molecule has 1 aromatic carbocycles. The van der Waals surface area contributed by atoms with Crippen LogP contribution < -0.4 is 5.73 Å². The number of nitriles is 1. The highest BCUT2D eigenvalue weighted by Crippen LogP contribution is 2.26. The molecule has 0 fully saturated rings. The molecule has 5 heteroatoms. The molecular formula is C9H9ClN2O2. The van der Waals surface area contributed by atoms with Crippen molar-refractivity contribution in [3.05, 3.63) is 28.8 Å². The fraction of sp³-hybridized carbons (Fsp3) is 0.222. The highest BCUT2D eigenvalue weighted by atomic mass is 35.5. The summed E-state index contributed by atoms with van der Waals surface area (Å²) in [5.41, 5.74) is 6.09. The lowest BCUT2D eigenvalue weighted by Gasteiger charge is -2.14. The number of nitrogens with two attached hydrogens (primary N) is 1. The van der Waals surface area contributed by atoms with Gasteiger partial charge in [-0.05, 0) is 18.2 Å². The second kappa shape index (κ2) is 4.29. The van der Waals surface area contributed by atoms with Crippen molar-refractivity contribution in [2.75, 3.05) is 5.73 Å². The molecule has 0 aromatic heterocycles. The molecule has 1 aromatic rings. The van der Waals surface area contributed by atoms with E-state index in [2.05, 4.69) is 0 Å². The number of halogens is 1. The number of hydrogen-bond acceptors (Lipinski definition) is 4. The third-order valence-electron chi connectivity index (χ3n) is 1.80. The number of rotatable bonds is 2. The molecule has 0 heterocycles. The molecule has 2 atom stereocenters. The van der Waals surface area contributed by atoms with Gasteiger partial charge in [0, 0.05) is 16.3 Å². The Hall–Kier alpha value is -1.28. The molecule has 0 saturated heterocycles. The Balaban J connectivity index is 3.07. The second-order valence-electron chi connectivity index (χ2n) is 2.79. The summed E-state index contributed by atoms with van der Waals surface area (Å²) in [6.07, 6.45) is -2.84.